The van der Waals surface area contributed by atoms with Gasteiger partial charge in [0.25, 0.3) is 5.56 Å². The van der Waals surface area contributed by atoms with Gasteiger partial charge in [0.2, 0.25) is 5.91 Å². The molecule has 0 atom stereocenters. The summed E-state index contributed by atoms with van der Waals surface area (Å²) in [6.07, 6.45) is -5.87. The summed E-state index contributed by atoms with van der Waals surface area (Å²) in [5, 5.41) is 3.96. The zero-order valence-corrected chi connectivity index (χ0v) is 22.8. The van der Waals surface area contributed by atoms with E-state index in [1.165, 1.54) is 46.9 Å². The number of fused-ring (bicyclic) bond motifs is 1. The number of hydrogen-bond donors (Lipinski definition) is 1. The number of thiazole rings is 1. The summed E-state index contributed by atoms with van der Waals surface area (Å²) in [6.45, 7) is -1.28. The SMILES string of the molecule is Cn1c(=O)c2c(ccn2CC(=O)Nc2nc(-c3ccc(Cl)c(OCCC(F)(F)C(F)(F)F)c3Cl)cs2)n(C)c1=O. The average molecular weight is 626 g/mol. The van der Waals surface area contributed by atoms with E-state index in [9.17, 15) is 36.3 Å². The van der Waals surface area contributed by atoms with Crippen molar-refractivity contribution >= 4 is 56.6 Å². The van der Waals surface area contributed by atoms with E-state index in [1.54, 1.807) is 6.07 Å². The average Bonchev–Trinajstić information content (AvgIpc) is 3.50. The third-order valence-electron chi connectivity index (χ3n) is 5.85. The van der Waals surface area contributed by atoms with Crippen LogP contribution in [0.15, 0.2) is 39.4 Å². The second-order valence-electron chi connectivity index (χ2n) is 8.51. The van der Waals surface area contributed by atoms with Crippen molar-refractivity contribution in [3.63, 3.8) is 0 Å². The molecule has 4 rings (SSSR count). The monoisotopic (exact) mass is 625 g/mol. The normalized spacial score (nSPS) is 12.2. The van der Waals surface area contributed by atoms with Gasteiger partial charge in [0.05, 0.1) is 34.3 Å². The topological polar surface area (TPSA) is 100 Å². The molecule has 0 spiro atoms. The van der Waals surface area contributed by atoms with E-state index >= 15 is 0 Å². The van der Waals surface area contributed by atoms with E-state index in [0.717, 1.165) is 15.9 Å². The molecule has 214 valence electrons. The fourth-order valence-corrected chi connectivity index (χ4v) is 5.03. The number of aromatic nitrogens is 4. The van der Waals surface area contributed by atoms with Gasteiger partial charge >= 0.3 is 17.8 Å². The summed E-state index contributed by atoms with van der Waals surface area (Å²) in [6, 6.07) is 4.29. The highest BCUT2D eigenvalue weighted by Crippen LogP contribution is 2.42. The first-order valence-electron chi connectivity index (χ1n) is 11.2. The maximum absolute atomic E-state index is 13.2. The van der Waals surface area contributed by atoms with E-state index in [0.29, 0.717) is 5.52 Å². The lowest BCUT2D eigenvalue weighted by molar-refractivity contribution is -0.285. The van der Waals surface area contributed by atoms with Gasteiger partial charge in [0, 0.05) is 31.2 Å². The van der Waals surface area contributed by atoms with E-state index in [-0.39, 0.29) is 44.2 Å². The molecular formula is C23H18Cl2F5N5O4S. The number of ether oxygens (including phenoxy) is 1. The fraction of sp³-hybridized carbons (Fsp3) is 0.304. The van der Waals surface area contributed by atoms with Crippen LogP contribution >= 0.6 is 34.5 Å². The van der Waals surface area contributed by atoms with Crippen molar-refractivity contribution in [1.29, 1.82) is 0 Å². The Balaban J connectivity index is 1.49. The van der Waals surface area contributed by atoms with Crippen LogP contribution in [-0.4, -0.2) is 43.3 Å². The number of carbonyl (C=O) groups is 1. The number of carbonyl (C=O) groups excluding carboxylic acids is 1. The molecule has 0 saturated carbocycles. The van der Waals surface area contributed by atoms with E-state index in [2.05, 4.69) is 10.3 Å². The minimum Gasteiger partial charge on any atom is -0.490 e. The minimum absolute atomic E-state index is 0.115. The van der Waals surface area contributed by atoms with Crippen molar-refractivity contribution in [2.45, 2.75) is 25.1 Å². The van der Waals surface area contributed by atoms with Crippen molar-refractivity contribution in [3.8, 4) is 17.0 Å². The van der Waals surface area contributed by atoms with Gasteiger partial charge in [-0.3, -0.25) is 18.7 Å². The Morgan fingerprint density at radius 2 is 1.80 bits per heavy atom. The lowest BCUT2D eigenvalue weighted by Gasteiger charge is -2.20. The van der Waals surface area contributed by atoms with Crippen molar-refractivity contribution in [2.75, 3.05) is 11.9 Å². The maximum atomic E-state index is 13.2. The predicted molar refractivity (Wildman–Crippen MR) is 140 cm³/mol. The minimum atomic E-state index is -5.73. The molecule has 0 saturated heterocycles. The molecule has 3 heterocycles. The number of alkyl halides is 5. The summed E-state index contributed by atoms with van der Waals surface area (Å²) in [7, 11) is 2.83. The molecule has 4 aromatic rings. The molecule has 3 aromatic heterocycles. The number of anilines is 1. The molecule has 0 aliphatic rings. The number of nitrogens with zero attached hydrogens (tertiary/aromatic N) is 4. The lowest BCUT2D eigenvalue weighted by atomic mass is 10.1. The van der Waals surface area contributed by atoms with Crippen LogP contribution in [0.2, 0.25) is 10.0 Å². The van der Waals surface area contributed by atoms with Gasteiger partial charge in [0.15, 0.2) is 10.9 Å². The third kappa shape index (κ3) is 5.58. The summed E-state index contributed by atoms with van der Waals surface area (Å²) in [4.78, 5) is 41.7. The zero-order valence-electron chi connectivity index (χ0n) is 20.5. The molecule has 0 aliphatic heterocycles. The number of hydrogen-bond acceptors (Lipinski definition) is 6. The zero-order chi connectivity index (χ0) is 29.6. The number of amides is 1. The van der Waals surface area contributed by atoms with Crippen LogP contribution < -0.4 is 21.3 Å². The Labute approximate surface area is 235 Å². The molecule has 0 unspecified atom stereocenters. The molecule has 9 nitrogen and oxygen atoms in total. The number of nitrogens with one attached hydrogen (secondary N) is 1. The van der Waals surface area contributed by atoms with Crippen LogP contribution in [0.5, 0.6) is 5.75 Å². The van der Waals surface area contributed by atoms with Gasteiger partial charge in [0.1, 0.15) is 12.1 Å². The van der Waals surface area contributed by atoms with Crippen LogP contribution in [0.4, 0.5) is 27.1 Å². The van der Waals surface area contributed by atoms with E-state index in [4.69, 9.17) is 27.9 Å². The van der Waals surface area contributed by atoms with Crippen LogP contribution in [-0.2, 0) is 25.4 Å². The Morgan fingerprint density at radius 1 is 1.10 bits per heavy atom. The summed E-state index contributed by atoms with van der Waals surface area (Å²) >= 11 is 13.3. The van der Waals surface area contributed by atoms with Gasteiger partial charge < -0.3 is 14.6 Å². The molecule has 0 bridgehead atoms. The van der Waals surface area contributed by atoms with Crippen LogP contribution in [0.3, 0.4) is 0 Å². The number of aryl methyl sites for hydroxylation is 1. The van der Waals surface area contributed by atoms with Gasteiger partial charge in [-0.2, -0.15) is 22.0 Å². The summed E-state index contributed by atoms with van der Waals surface area (Å²) in [5.74, 6) is -5.79. The highest BCUT2D eigenvalue weighted by atomic mass is 35.5. The van der Waals surface area contributed by atoms with Crippen molar-refractivity contribution < 1.29 is 31.5 Å². The molecule has 1 N–H and O–H groups in total. The molecule has 1 amide bonds. The van der Waals surface area contributed by atoms with E-state index in [1.807, 2.05) is 0 Å². The van der Waals surface area contributed by atoms with Crippen LogP contribution in [0.25, 0.3) is 22.3 Å². The van der Waals surface area contributed by atoms with Gasteiger partial charge in [-0.1, -0.05) is 23.2 Å². The van der Waals surface area contributed by atoms with E-state index < -0.39 is 42.3 Å². The summed E-state index contributed by atoms with van der Waals surface area (Å²) in [5.41, 5.74) is -0.0967. The molecular weight excluding hydrogens is 608 g/mol. The largest absolute Gasteiger partial charge is 0.490 e. The Kier molecular flexibility index (Phi) is 8.02. The van der Waals surface area contributed by atoms with Crippen molar-refractivity contribution in [1.82, 2.24) is 18.7 Å². The van der Waals surface area contributed by atoms with Gasteiger partial charge in [-0.05, 0) is 18.2 Å². The second kappa shape index (κ2) is 10.9. The highest BCUT2D eigenvalue weighted by molar-refractivity contribution is 7.14. The molecule has 0 fully saturated rings. The Hall–Kier alpha value is -3.43. The molecule has 17 heteroatoms. The summed E-state index contributed by atoms with van der Waals surface area (Å²) < 4.78 is 72.3. The van der Waals surface area contributed by atoms with Crippen LogP contribution in [0.1, 0.15) is 6.42 Å². The number of halogens is 7. The third-order valence-corrected chi connectivity index (χ3v) is 7.28. The quantitative estimate of drug-likeness (QED) is 0.276. The van der Waals surface area contributed by atoms with Gasteiger partial charge in [-0.25, -0.2) is 9.78 Å². The van der Waals surface area contributed by atoms with Crippen LogP contribution in [0, 0.1) is 0 Å². The van der Waals surface area contributed by atoms with Crippen molar-refractivity contribution in [3.05, 3.63) is 60.7 Å². The molecule has 0 radical (unpaired) electrons. The molecule has 1 aromatic carbocycles. The van der Waals surface area contributed by atoms with Crippen molar-refractivity contribution in [2.24, 2.45) is 14.1 Å². The Morgan fingerprint density at radius 3 is 2.48 bits per heavy atom. The molecule has 0 aliphatic carbocycles. The highest BCUT2D eigenvalue weighted by Gasteiger charge is 2.56. The standard InChI is InChI=1S/C23H18Cl2F5N5O4S/c1-33-14-5-7-35(17(14)19(37)34(2)21(33)38)9-15(36)32-20-31-13(10-40-20)11-3-4-12(24)18(16(11)25)39-8-6-22(26,27)23(28,29)30/h3-5,7,10H,6,8-9H2,1-2H3,(H,31,32,36). The molecule has 40 heavy (non-hydrogen) atoms. The Bertz CT molecular complexity index is 1730. The lowest BCUT2D eigenvalue weighted by Crippen LogP contribution is -2.37. The first-order valence-corrected chi connectivity index (χ1v) is 12.8. The number of rotatable bonds is 8. The smallest absolute Gasteiger partial charge is 0.453 e. The first kappa shape index (κ1) is 29.6. The maximum Gasteiger partial charge on any atom is 0.453 e. The number of benzene rings is 1. The second-order valence-corrected chi connectivity index (χ2v) is 10.2. The fourth-order valence-electron chi connectivity index (χ4n) is 3.72. The van der Waals surface area contributed by atoms with Gasteiger partial charge in [-0.15, -0.1) is 11.3 Å². The predicted octanol–water partition coefficient (Wildman–Crippen LogP) is 5.07. The first-order chi connectivity index (χ1) is 18.6.